The number of nitrogens with zero attached hydrogens (tertiary/aromatic N) is 1. The Hall–Kier alpha value is -3.35. The summed E-state index contributed by atoms with van der Waals surface area (Å²) in [5, 5.41) is 10.2. The number of aromatic nitrogens is 1. The van der Waals surface area contributed by atoms with Crippen molar-refractivity contribution in [3.05, 3.63) is 94.9 Å². The molecule has 4 aromatic rings. The summed E-state index contributed by atoms with van der Waals surface area (Å²) < 4.78 is 26.0. The Morgan fingerprint density at radius 1 is 1.06 bits per heavy atom. The van der Waals surface area contributed by atoms with Gasteiger partial charge in [0, 0.05) is 41.3 Å². The van der Waals surface area contributed by atoms with Gasteiger partial charge in [-0.15, -0.1) is 0 Å². The molecule has 1 aliphatic heterocycles. The molecule has 2 heterocycles. The van der Waals surface area contributed by atoms with Crippen LogP contribution in [0.1, 0.15) is 28.4 Å². The summed E-state index contributed by atoms with van der Waals surface area (Å²) in [7, 11) is 1.55. The molecule has 0 bridgehead atoms. The third-order valence-electron chi connectivity index (χ3n) is 6.31. The molecule has 0 radical (unpaired) electrons. The Labute approximate surface area is 192 Å². The van der Waals surface area contributed by atoms with Crippen LogP contribution >= 0.6 is 0 Å². The lowest BCUT2D eigenvalue weighted by Gasteiger charge is -2.36. The molecule has 2 N–H and O–H groups in total. The van der Waals surface area contributed by atoms with E-state index in [2.05, 4.69) is 22.0 Å². The molecular weight excluding hydrogens is 419 g/mol. The highest BCUT2D eigenvalue weighted by Crippen LogP contribution is 2.40. The normalized spacial score (nSPS) is 16.0. The quantitative estimate of drug-likeness (QED) is 0.427. The average molecular weight is 447 g/mol. The lowest BCUT2D eigenvalue weighted by atomic mass is 9.91. The monoisotopic (exact) mass is 446 g/mol. The highest BCUT2D eigenvalue weighted by atomic mass is 19.1. The summed E-state index contributed by atoms with van der Waals surface area (Å²) in [6, 6.07) is 21.0. The first-order valence-corrected chi connectivity index (χ1v) is 11.2. The number of fused-ring (bicyclic) bond motifs is 3. The maximum absolute atomic E-state index is 15.3. The number of aliphatic hydroxyl groups excluding tert-OH is 1. The minimum atomic E-state index is -0.274. The second-order valence-corrected chi connectivity index (χ2v) is 8.29. The van der Waals surface area contributed by atoms with Gasteiger partial charge < -0.3 is 19.6 Å². The van der Waals surface area contributed by atoms with E-state index in [1.807, 2.05) is 48.5 Å². The first-order valence-electron chi connectivity index (χ1n) is 11.2. The number of methoxy groups -OCH3 is 1. The van der Waals surface area contributed by atoms with E-state index in [1.165, 1.54) is 17.0 Å². The average Bonchev–Trinajstić information content (AvgIpc) is 3.22. The minimum Gasteiger partial charge on any atom is -0.497 e. The van der Waals surface area contributed by atoms with Crippen molar-refractivity contribution in [3.63, 3.8) is 0 Å². The Balaban J connectivity index is 1.53. The molecule has 3 aromatic carbocycles. The fourth-order valence-corrected chi connectivity index (χ4v) is 4.76. The number of nitrogens with one attached hydrogen (secondary N) is 1. The zero-order valence-corrected chi connectivity index (χ0v) is 18.6. The number of hydrogen-bond acceptors (Lipinski definition) is 4. The standard InChI is InChI=1S/C27H27FN2O3/c1-32-20-10-11-23(24(28)16-20)27-26-22(21-4-2-3-5-25(21)29-26)12-13-30(27)17-18-6-8-19(9-7-18)33-15-14-31/h2-11,16,27,29,31H,12-15,17H2,1H3/t27-/m0/s1. The SMILES string of the molecule is COc1ccc([C@H]2c3[nH]c4ccccc4c3CCN2Cc2ccc(OCCO)cc2)c(F)c1. The fourth-order valence-electron chi connectivity index (χ4n) is 4.76. The van der Waals surface area contributed by atoms with Gasteiger partial charge in [0.25, 0.3) is 0 Å². The van der Waals surface area contributed by atoms with Gasteiger partial charge in [0.05, 0.1) is 19.8 Å². The summed E-state index contributed by atoms with van der Waals surface area (Å²) in [4.78, 5) is 5.90. The van der Waals surface area contributed by atoms with Crippen LogP contribution in [0.5, 0.6) is 11.5 Å². The van der Waals surface area contributed by atoms with Crippen LogP contribution in [0.2, 0.25) is 0 Å². The number of hydrogen-bond donors (Lipinski definition) is 2. The molecule has 6 heteroatoms. The predicted molar refractivity (Wildman–Crippen MR) is 126 cm³/mol. The van der Waals surface area contributed by atoms with Crippen LogP contribution in [0.4, 0.5) is 4.39 Å². The van der Waals surface area contributed by atoms with E-state index in [9.17, 15) is 0 Å². The summed E-state index contributed by atoms with van der Waals surface area (Å²) in [5.41, 5.74) is 5.13. The summed E-state index contributed by atoms with van der Waals surface area (Å²) in [6.07, 6.45) is 0.894. The van der Waals surface area contributed by atoms with Crippen LogP contribution in [-0.2, 0) is 13.0 Å². The van der Waals surface area contributed by atoms with Gasteiger partial charge in [-0.3, -0.25) is 4.90 Å². The lowest BCUT2D eigenvalue weighted by molar-refractivity contribution is 0.197. The van der Waals surface area contributed by atoms with Gasteiger partial charge in [0.1, 0.15) is 23.9 Å². The zero-order valence-electron chi connectivity index (χ0n) is 18.6. The fraction of sp³-hybridized carbons (Fsp3) is 0.259. The van der Waals surface area contributed by atoms with Crippen molar-refractivity contribution in [3.8, 4) is 11.5 Å². The van der Waals surface area contributed by atoms with Gasteiger partial charge in [-0.05, 0) is 41.8 Å². The van der Waals surface area contributed by atoms with Crippen LogP contribution in [-0.4, -0.2) is 41.9 Å². The maximum atomic E-state index is 15.3. The maximum Gasteiger partial charge on any atom is 0.132 e. The largest absolute Gasteiger partial charge is 0.497 e. The number of halogens is 1. The van der Waals surface area contributed by atoms with Crippen molar-refractivity contribution in [1.82, 2.24) is 9.88 Å². The molecule has 0 amide bonds. The predicted octanol–water partition coefficient (Wildman–Crippen LogP) is 4.83. The van der Waals surface area contributed by atoms with Gasteiger partial charge in [-0.25, -0.2) is 4.39 Å². The van der Waals surface area contributed by atoms with Gasteiger partial charge in [0.2, 0.25) is 0 Å². The van der Waals surface area contributed by atoms with Crippen molar-refractivity contribution in [2.24, 2.45) is 0 Å². The Morgan fingerprint density at radius 2 is 1.85 bits per heavy atom. The van der Waals surface area contributed by atoms with E-state index in [4.69, 9.17) is 14.6 Å². The number of aromatic amines is 1. The molecule has 0 saturated heterocycles. The molecule has 1 aromatic heterocycles. The number of rotatable bonds is 7. The van der Waals surface area contributed by atoms with E-state index in [1.54, 1.807) is 7.11 Å². The van der Waals surface area contributed by atoms with Crippen LogP contribution in [0.25, 0.3) is 10.9 Å². The van der Waals surface area contributed by atoms with Crippen LogP contribution in [0, 0.1) is 5.82 Å². The molecule has 0 saturated carbocycles. The van der Waals surface area contributed by atoms with E-state index in [0.717, 1.165) is 35.5 Å². The topological polar surface area (TPSA) is 57.7 Å². The number of H-pyrrole nitrogens is 1. The first-order chi connectivity index (χ1) is 16.2. The Morgan fingerprint density at radius 3 is 2.61 bits per heavy atom. The summed E-state index contributed by atoms with van der Waals surface area (Å²) in [5.74, 6) is 0.958. The van der Waals surface area contributed by atoms with Gasteiger partial charge >= 0.3 is 0 Å². The number of benzene rings is 3. The van der Waals surface area contributed by atoms with Gasteiger partial charge in [0.15, 0.2) is 0 Å². The molecule has 0 aliphatic carbocycles. The van der Waals surface area contributed by atoms with Gasteiger partial charge in [-0.2, -0.15) is 0 Å². The van der Waals surface area contributed by atoms with Crippen LogP contribution in [0.3, 0.4) is 0 Å². The molecule has 0 unspecified atom stereocenters. The first kappa shape index (κ1) is 21.5. The molecule has 5 rings (SSSR count). The van der Waals surface area contributed by atoms with Gasteiger partial charge in [-0.1, -0.05) is 36.4 Å². The van der Waals surface area contributed by atoms with Crippen molar-refractivity contribution in [2.45, 2.75) is 19.0 Å². The second-order valence-electron chi connectivity index (χ2n) is 8.29. The van der Waals surface area contributed by atoms with E-state index >= 15 is 4.39 Å². The van der Waals surface area contributed by atoms with E-state index in [-0.39, 0.29) is 25.1 Å². The molecular formula is C27H27FN2O3. The molecule has 0 spiro atoms. The third-order valence-corrected chi connectivity index (χ3v) is 6.31. The van der Waals surface area contributed by atoms with Crippen LogP contribution in [0.15, 0.2) is 66.7 Å². The summed E-state index contributed by atoms with van der Waals surface area (Å²) >= 11 is 0. The summed E-state index contributed by atoms with van der Waals surface area (Å²) in [6.45, 7) is 1.74. The number of aliphatic hydroxyl groups is 1. The third kappa shape index (κ3) is 4.19. The zero-order chi connectivity index (χ0) is 22.8. The molecule has 1 aliphatic rings. The van der Waals surface area contributed by atoms with Crippen molar-refractivity contribution in [1.29, 1.82) is 0 Å². The number of para-hydroxylation sites is 1. The number of ether oxygens (including phenoxy) is 2. The highest BCUT2D eigenvalue weighted by Gasteiger charge is 2.33. The molecule has 0 fully saturated rings. The second kappa shape index (κ2) is 9.25. The van der Waals surface area contributed by atoms with E-state index < -0.39 is 0 Å². The smallest absolute Gasteiger partial charge is 0.132 e. The molecule has 170 valence electrons. The Kier molecular flexibility index (Phi) is 6.03. The molecule has 33 heavy (non-hydrogen) atoms. The highest BCUT2D eigenvalue weighted by molar-refractivity contribution is 5.85. The molecule has 1 atom stereocenters. The van der Waals surface area contributed by atoms with Crippen molar-refractivity contribution in [2.75, 3.05) is 26.9 Å². The lowest BCUT2D eigenvalue weighted by Crippen LogP contribution is -2.36. The van der Waals surface area contributed by atoms with Crippen LogP contribution < -0.4 is 9.47 Å². The van der Waals surface area contributed by atoms with E-state index in [0.29, 0.717) is 17.9 Å². The van der Waals surface area contributed by atoms with Crippen molar-refractivity contribution < 1.29 is 19.0 Å². The molecule has 5 nitrogen and oxygen atoms in total. The van der Waals surface area contributed by atoms with Crippen molar-refractivity contribution >= 4 is 10.9 Å². The minimum absolute atomic E-state index is 0.0164. The Bertz CT molecular complexity index is 1250.